The van der Waals surface area contributed by atoms with E-state index >= 15 is 0 Å². The largest absolute Gasteiger partial charge is 0.495 e. The highest BCUT2D eigenvalue weighted by Gasteiger charge is 2.05. The van der Waals surface area contributed by atoms with Gasteiger partial charge in [-0.25, -0.2) is 4.98 Å². The molecule has 0 spiro atoms. The second-order valence-corrected chi connectivity index (χ2v) is 4.38. The quantitative estimate of drug-likeness (QED) is 0.747. The number of hydrogen-bond donors (Lipinski definition) is 1. The number of pyridine rings is 1. The molecule has 0 bridgehead atoms. The van der Waals surface area contributed by atoms with E-state index in [2.05, 4.69) is 24.1 Å². The minimum Gasteiger partial charge on any atom is -0.495 e. The van der Waals surface area contributed by atoms with Gasteiger partial charge in [-0.3, -0.25) is 0 Å². The summed E-state index contributed by atoms with van der Waals surface area (Å²) in [7, 11) is 1.65. The van der Waals surface area contributed by atoms with Gasteiger partial charge >= 0.3 is 0 Å². The molecular weight excluding hydrogens is 212 g/mol. The lowest BCUT2D eigenvalue weighted by molar-refractivity contribution is 0.413. The number of aromatic nitrogens is 1. The van der Waals surface area contributed by atoms with Gasteiger partial charge in [0, 0.05) is 6.54 Å². The van der Waals surface area contributed by atoms with Crippen molar-refractivity contribution in [1.82, 2.24) is 4.98 Å². The summed E-state index contributed by atoms with van der Waals surface area (Å²) in [5.74, 6) is 2.48. The smallest absolute Gasteiger partial charge is 0.137 e. The number of hydrogen-bond acceptors (Lipinski definition) is 3. The predicted octanol–water partition coefficient (Wildman–Crippen LogP) is 3.72. The van der Waals surface area contributed by atoms with Crippen LogP contribution in [0.1, 0.15) is 39.5 Å². The Morgan fingerprint density at radius 1 is 1.35 bits per heavy atom. The Balaban J connectivity index is 2.36. The molecule has 0 fully saturated rings. The zero-order valence-corrected chi connectivity index (χ0v) is 11.2. The molecule has 0 saturated carbocycles. The Morgan fingerprint density at radius 3 is 2.71 bits per heavy atom. The number of rotatable bonds is 8. The third-order valence-corrected chi connectivity index (χ3v) is 3.09. The first-order chi connectivity index (χ1) is 8.30. The molecule has 1 unspecified atom stereocenters. The molecule has 0 aliphatic heterocycles. The zero-order chi connectivity index (χ0) is 12.5. The van der Waals surface area contributed by atoms with Crippen LogP contribution in [0.2, 0.25) is 0 Å². The number of ether oxygens (including phenoxy) is 1. The summed E-state index contributed by atoms with van der Waals surface area (Å²) < 4.78 is 5.08. The molecule has 1 aromatic rings. The number of nitrogens with zero attached hydrogens (tertiary/aromatic N) is 1. The summed E-state index contributed by atoms with van der Waals surface area (Å²) in [4.78, 5) is 4.30. The predicted molar refractivity (Wildman–Crippen MR) is 72.6 cm³/mol. The normalized spacial score (nSPS) is 12.2. The molecule has 0 aliphatic rings. The van der Waals surface area contributed by atoms with Crippen LogP contribution in [0.25, 0.3) is 0 Å². The van der Waals surface area contributed by atoms with Crippen molar-refractivity contribution < 1.29 is 4.74 Å². The summed E-state index contributed by atoms with van der Waals surface area (Å²) in [6.07, 6.45) is 6.86. The topological polar surface area (TPSA) is 34.1 Å². The van der Waals surface area contributed by atoms with Gasteiger partial charge in [-0.1, -0.05) is 33.1 Å². The molecule has 0 aromatic carbocycles. The molecule has 1 rings (SSSR count). The maximum Gasteiger partial charge on any atom is 0.137 e. The van der Waals surface area contributed by atoms with Gasteiger partial charge in [0.1, 0.15) is 11.6 Å². The average Bonchev–Trinajstić information content (AvgIpc) is 2.39. The minimum atomic E-state index is 0.749. The lowest BCUT2D eigenvalue weighted by Gasteiger charge is -2.15. The van der Waals surface area contributed by atoms with Gasteiger partial charge in [0.05, 0.1) is 13.3 Å². The van der Waals surface area contributed by atoms with Crippen molar-refractivity contribution in [2.75, 3.05) is 19.0 Å². The lowest BCUT2D eigenvalue weighted by Crippen LogP contribution is -2.14. The summed E-state index contributed by atoms with van der Waals surface area (Å²) in [5.41, 5.74) is 0. The number of nitrogens with one attached hydrogen (secondary N) is 1. The molecule has 0 amide bonds. The summed E-state index contributed by atoms with van der Waals surface area (Å²) in [6.45, 7) is 5.50. The molecule has 0 saturated heterocycles. The van der Waals surface area contributed by atoms with Gasteiger partial charge in [0.15, 0.2) is 0 Å². The van der Waals surface area contributed by atoms with E-state index in [9.17, 15) is 0 Å². The van der Waals surface area contributed by atoms with E-state index < -0.39 is 0 Å². The standard InChI is InChI=1S/C14H24N2O/c1-4-6-7-12(5-2)10-15-14-9-8-13(17-3)11-16-14/h8-9,11-12H,4-7,10H2,1-3H3,(H,15,16). The van der Waals surface area contributed by atoms with Crippen LogP contribution >= 0.6 is 0 Å². The summed E-state index contributed by atoms with van der Waals surface area (Å²) >= 11 is 0. The van der Waals surface area contributed by atoms with Crippen molar-refractivity contribution in [3.8, 4) is 5.75 Å². The molecule has 3 nitrogen and oxygen atoms in total. The van der Waals surface area contributed by atoms with Crippen molar-refractivity contribution in [1.29, 1.82) is 0 Å². The van der Waals surface area contributed by atoms with E-state index in [-0.39, 0.29) is 0 Å². The van der Waals surface area contributed by atoms with Crippen LogP contribution in [-0.4, -0.2) is 18.6 Å². The third-order valence-electron chi connectivity index (χ3n) is 3.09. The van der Waals surface area contributed by atoms with Gasteiger partial charge < -0.3 is 10.1 Å². The van der Waals surface area contributed by atoms with E-state index in [0.29, 0.717) is 0 Å². The molecule has 1 atom stereocenters. The minimum absolute atomic E-state index is 0.749. The SMILES string of the molecule is CCCCC(CC)CNc1ccc(OC)cn1. The van der Waals surface area contributed by atoms with Crippen molar-refractivity contribution in [3.05, 3.63) is 18.3 Å². The maximum atomic E-state index is 5.08. The molecule has 1 aromatic heterocycles. The highest BCUT2D eigenvalue weighted by molar-refractivity contribution is 5.37. The van der Waals surface area contributed by atoms with Crippen LogP contribution in [0.5, 0.6) is 5.75 Å². The monoisotopic (exact) mass is 236 g/mol. The van der Waals surface area contributed by atoms with E-state index in [4.69, 9.17) is 4.74 Å². The fourth-order valence-corrected chi connectivity index (χ4v) is 1.80. The van der Waals surface area contributed by atoms with Gasteiger partial charge in [-0.05, 0) is 24.5 Å². The fourth-order valence-electron chi connectivity index (χ4n) is 1.80. The maximum absolute atomic E-state index is 5.08. The number of methoxy groups -OCH3 is 1. The summed E-state index contributed by atoms with van der Waals surface area (Å²) in [5, 5.41) is 3.39. The van der Waals surface area contributed by atoms with Gasteiger partial charge in [0.25, 0.3) is 0 Å². The number of anilines is 1. The van der Waals surface area contributed by atoms with Crippen LogP contribution in [0.15, 0.2) is 18.3 Å². The Morgan fingerprint density at radius 2 is 2.18 bits per heavy atom. The van der Waals surface area contributed by atoms with E-state index in [1.54, 1.807) is 13.3 Å². The Labute approximate surface area is 105 Å². The van der Waals surface area contributed by atoms with Gasteiger partial charge in [-0.15, -0.1) is 0 Å². The first-order valence-corrected chi connectivity index (χ1v) is 6.54. The first-order valence-electron chi connectivity index (χ1n) is 6.54. The molecule has 96 valence electrons. The summed E-state index contributed by atoms with van der Waals surface area (Å²) in [6, 6.07) is 3.90. The zero-order valence-electron chi connectivity index (χ0n) is 11.2. The highest BCUT2D eigenvalue weighted by Crippen LogP contribution is 2.15. The molecule has 3 heteroatoms. The second kappa shape index (κ2) is 7.93. The second-order valence-electron chi connectivity index (χ2n) is 4.38. The van der Waals surface area contributed by atoms with E-state index in [1.165, 1.54) is 25.7 Å². The van der Waals surface area contributed by atoms with Crippen LogP contribution in [-0.2, 0) is 0 Å². The molecule has 17 heavy (non-hydrogen) atoms. The lowest BCUT2D eigenvalue weighted by atomic mass is 9.99. The molecule has 1 heterocycles. The van der Waals surface area contributed by atoms with Crippen LogP contribution in [0.3, 0.4) is 0 Å². The average molecular weight is 236 g/mol. The number of unbranched alkanes of at least 4 members (excludes halogenated alkanes) is 1. The molecule has 0 radical (unpaired) electrons. The first kappa shape index (κ1) is 13.8. The van der Waals surface area contributed by atoms with Crippen molar-refractivity contribution in [3.63, 3.8) is 0 Å². The third kappa shape index (κ3) is 5.07. The van der Waals surface area contributed by atoms with Crippen LogP contribution < -0.4 is 10.1 Å². The van der Waals surface area contributed by atoms with Crippen molar-refractivity contribution in [2.24, 2.45) is 5.92 Å². The molecule has 0 aliphatic carbocycles. The molecular formula is C14H24N2O. The van der Waals surface area contributed by atoms with E-state index in [0.717, 1.165) is 24.0 Å². The van der Waals surface area contributed by atoms with E-state index in [1.807, 2.05) is 12.1 Å². The van der Waals surface area contributed by atoms with Crippen LogP contribution in [0, 0.1) is 5.92 Å². The fraction of sp³-hybridized carbons (Fsp3) is 0.643. The van der Waals surface area contributed by atoms with Crippen LogP contribution in [0.4, 0.5) is 5.82 Å². The molecule has 1 N–H and O–H groups in total. The van der Waals surface area contributed by atoms with Gasteiger partial charge in [0.2, 0.25) is 0 Å². The highest BCUT2D eigenvalue weighted by atomic mass is 16.5. The Kier molecular flexibility index (Phi) is 6.45. The van der Waals surface area contributed by atoms with Crippen molar-refractivity contribution in [2.45, 2.75) is 39.5 Å². The van der Waals surface area contributed by atoms with Crippen molar-refractivity contribution >= 4 is 5.82 Å². The Hall–Kier alpha value is -1.25. The Bertz CT molecular complexity index is 298. The van der Waals surface area contributed by atoms with Gasteiger partial charge in [-0.2, -0.15) is 0 Å².